The molecular weight excluding hydrogens is 280 g/mol. The van der Waals surface area contributed by atoms with Gasteiger partial charge in [0.25, 0.3) is 0 Å². The van der Waals surface area contributed by atoms with Crippen molar-refractivity contribution in [3.05, 3.63) is 40.3 Å². The van der Waals surface area contributed by atoms with Gasteiger partial charge in [0, 0.05) is 31.5 Å². The van der Waals surface area contributed by atoms with E-state index in [2.05, 4.69) is 15.4 Å². The third-order valence-electron chi connectivity index (χ3n) is 2.86. The fourth-order valence-corrected chi connectivity index (χ4v) is 2.13. The first kappa shape index (κ1) is 14.3. The van der Waals surface area contributed by atoms with Crippen molar-refractivity contribution in [2.24, 2.45) is 7.05 Å². The van der Waals surface area contributed by atoms with Gasteiger partial charge in [-0.2, -0.15) is 5.10 Å². The van der Waals surface area contributed by atoms with E-state index in [0.717, 1.165) is 17.7 Å². The van der Waals surface area contributed by atoms with Gasteiger partial charge in [-0.05, 0) is 12.5 Å². The van der Waals surface area contributed by atoms with Crippen LogP contribution in [0.15, 0.2) is 18.5 Å². The number of carboxylic acid groups (broad SMARTS) is 1. The molecule has 0 spiro atoms. The molecule has 2 rings (SSSR count). The van der Waals surface area contributed by atoms with E-state index in [1.165, 1.54) is 12.3 Å². The molecule has 0 unspecified atom stereocenters. The zero-order valence-electron chi connectivity index (χ0n) is 11.2. The van der Waals surface area contributed by atoms with Crippen LogP contribution in [0.4, 0.5) is 5.82 Å². The van der Waals surface area contributed by atoms with Crippen molar-refractivity contribution in [3.8, 4) is 0 Å². The predicted molar refractivity (Wildman–Crippen MR) is 76.1 cm³/mol. The Morgan fingerprint density at radius 3 is 2.90 bits per heavy atom. The molecule has 0 aliphatic rings. The van der Waals surface area contributed by atoms with Gasteiger partial charge in [-0.3, -0.25) is 4.68 Å². The van der Waals surface area contributed by atoms with Crippen LogP contribution < -0.4 is 5.32 Å². The Hall–Kier alpha value is -2.08. The van der Waals surface area contributed by atoms with Crippen LogP contribution in [0.5, 0.6) is 0 Å². The number of rotatable bonds is 5. The van der Waals surface area contributed by atoms with E-state index in [9.17, 15) is 4.79 Å². The SMILES string of the molecule is CCc1nn(C)cc1CNc1ncc(C(=O)O)cc1Cl. The molecule has 0 radical (unpaired) electrons. The highest BCUT2D eigenvalue weighted by molar-refractivity contribution is 6.33. The minimum absolute atomic E-state index is 0.0659. The molecule has 7 heteroatoms. The number of aryl methyl sites for hydroxylation is 2. The number of nitrogens with zero attached hydrogens (tertiary/aromatic N) is 3. The number of anilines is 1. The number of carbonyl (C=O) groups is 1. The van der Waals surface area contributed by atoms with Gasteiger partial charge < -0.3 is 10.4 Å². The van der Waals surface area contributed by atoms with Gasteiger partial charge in [-0.25, -0.2) is 9.78 Å². The van der Waals surface area contributed by atoms with Crippen LogP contribution in [0.3, 0.4) is 0 Å². The fourth-order valence-electron chi connectivity index (χ4n) is 1.89. The molecule has 20 heavy (non-hydrogen) atoms. The Kier molecular flexibility index (Phi) is 4.24. The number of aromatic nitrogens is 3. The average Bonchev–Trinajstić information content (AvgIpc) is 2.77. The monoisotopic (exact) mass is 294 g/mol. The second-order valence-corrected chi connectivity index (χ2v) is 4.75. The zero-order valence-corrected chi connectivity index (χ0v) is 12.0. The van der Waals surface area contributed by atoms with Gasteiger partial charge in [0.05, 0.1) is 16.3 Å². The molecule has 0 amide bonds. The van der Waals surface area contributed by atoms with Crippen LogP contribution in [0.2, 0.25) is 5.02 Å². The maximum absolute atomic E-state index is 10.8. The highest BCUT2D eigenvalue weighted by atomic mass is 35.5. The van der Waals surface area contributed by atoms with Crippen LogP contribution in [-0.2, 0) is 20.0 Å². The lowest BCUT2D eigenvalue weighted by Gasteiger charge is -2.07. The van der Waals surface area contributed by atoms with Crippen molar-refractivity contribution in [3.63, 3.8) is 0 Å². The summed E-state index contributed by atoms with van der Waals surface area (Å²) >= 11 is 6.01. The summed E-state index contributed by atoms with van der Waals surface area (Å²) in [6.07, 6.45) is 4.06. The summed E-state index contributed by atoms with van der Waals surface area (Å²) < 4.78 is 1.76. The maximum atomic E-state index is 10.8. The van der Waals surface area contributed by atoms with E-state index >= 15 is 0 Å². The molecule has 0 aliphatic heterocycles. The zero-order chi connectivity index (χ0) is 14.7. The molecule has 0 aliphatic carbocycles. The summed E-state index contributed by atoms with van der Waals surface area (Å²) in [6.45, 7) is 2.58. The normalized spacial score (nSPS) is 10.6. The third-order valence-corrected chi connectivity index (χ3v) is 3.15. The molecule has 0 fully saturated rings. The number of carboxylic acids is 1. The molecule has 2 heterocycles. The second kappa shape index (κ2) is 5.92. The molecule has 0 saturated carbocycles. The van der Waals surface area contributed by atoms with Gasteiger partial charge in [0.2, 0.25) is 0 Å². The smallest absolute Gasteiger partial charge is 0.337 e. The van der Waals surface area contributed by atoms with Crippen LogP contribution >= 0.6 is 11.6 Å². The summed E-state index contributed by atoms with van der Waals surface area (Å²) in [5.74, 6) is -0.589. The minimum Gasteiger partial charge on any atom is -0.478 e. The number of hydrogen-bond donors (Lipinski definition) is 2. The van der Waals surface area contributed by atoms with E-state index in [4.69, 9.17) is 16.7 Å². The summed E-state index contributed by atoms with van der Waals surface area (Å²) in [6, 6.07) is 1.38. The summed E-state index contributed by atoms with van der Waals surface area (Å²) in [5, 5.41) is 16.6. The van der Waals surface area contributed by atoms with Crippen molar-refractivity contribution in [2.75, 3.05) is 5.32 Å². The lowest BCUT2D eigenvalue weighted by molar-refractivity contribution is 0.0696. The molecule has 2 aromatic heterocycles. The Bertz CT molecular complexity index is 639. The number of hydrogen-bond acceptors (Lipinski definition) is 4. The molecule has 0 atom stereocenters. The minimum atomic E-state index is -1.05. The van der Waals surface area contributed by atoms with E-state index in [0.29, 0.717) is 12.4 Å². The Labute approximate surface area is 121 Å². The first-order valence-corrected chi connectivity index (χ1v) is 6.53. The molecule has 2 aromatic rings. The quantitative estimate of drug-likeness (QED) is 0.885. The first-order valence-electron chi connectivity index (χ1n) is 6.15. The predicted octanol–water partition coefficient (Wildman–Crippen LogP) is 2.34. The van der Waals surface area contributed by atoms with Crippen molar-refractivity contribution in [2.45, 2.75) is 19.9 Å². The highest BCUT2D eigenvalue weighted by Crippen LogP contribution is 2.21. The first-order chi connectivity index (χ1) is 9.51. The molecule has 0 bridgehead atoms. The van der Waals surface area contributed by atoms with Crippen molar-refractivity contribution in [1.82, 2.24) is 14.8 Å². The van der Waals surface area contributed by atoms with Crippen LogP contribution in [0.1, 0.15) is 28.5 Å². The number of pyridine rings is 1. The topological polar surface area (TPSA) is 80.0 Å². The van der Waals surface area contributed by atoms with Gasteiger partial charge >= 0.3 is 5.97 Å². The van der Waals surface area contributed by atoms with Crippen LogP contribution in [-0.4, -0.2) is 25.8 Å². The fraction of sp³-hybridized carbons (Fsp3) is 0.308. The highest BCUT2D eigenvalue weighted by Gasteiger charge is 2.10. The van der Waals surface area contributed by atoms with Gasteiger partial charge in [-0.15, -0.1) is 0 Å². The van der Waals surface area contributed by atoms with Crippen molar-refractivity contribution in [1.29, 1.82) is 0 Å². The molecule has 6 nitrogen and oxygen atoms in total. The maximum Gasteiger partial charge on any atom is 0.337 e. The number of nitrogens with one attached hydrogen (secondary N) is 1. The Morgan fingerprint density at radius 2 is 2.30 bits per heavy atom. The van der Waals surface area contributed by atoms with E-state index in [1.54, 1.807) is 4.68 Å². The Balaban J connectivity index is 2.12. The lowest BCUT2D eigenvalue weighted by Crippen LogP contribution is -2.05. The van der Waals surface area contributed by atoms with Gasteiger partial charge in [0.1, 0.15) is 5.82 Å². The van der Waals surface area contributed by atoms with Crippen molar-refractivity contribution >= 4 is 23.4 Å². The Morgan fingerprint density at radius 1 is 1.55 bits per heavy atom. The van der Waals surface area contributed by atoms with E-state index < -0.39 is 5.97 Å². The number of aromatic carboxylic acids is 1. The van der Waals surface area contributed by atoms with Gasteiger partial charge in [0.15, 0.2) is 0 Å². The van der Waals surface area contributed by atoms with Crippen LogP contribution in [0, 0.1) is 0 Å². The molecule has 2 N–H and O–H groups in total. The third kappa shape index (κ3) is 3.08. The lowest BCUT2D eigenvalue weighted by atomic mass is 10.2. The van der Waals surface area contributed by atoms with Crippen LogP contribution in [0.25, 0.3) is 0 Å². The van der Waals surface area contributed by atoms with E-state index in [1.807, 2.05) is 20.2 Å². The van der Waals surface area contributed by atoms with Crippen molar-refractivity contribution < 1.29 is 9.90 Å². The second-order valence-electron chi connectivity index (χ2n) is 4.34. The molecule has 106 valence electrons. The summed E-state index contributed by atoms with van der Waals surface area (Å²) in [7, 11) is 1.87. The van der Waals surface area contributed by atoms with Gasteiger partial charge in [-0.1, -0.05) is 18.5 Å². The largest absolute Gasteiger partial charge is 0.478 e. The average molecular weight is 295 g/mol. The standard InChI is InChI=1S/C13H15ClN4O2/c1-3-11-9(7-18(2)17-11)6-16-12-10(14)4-8(5-15-12)13(19)20/h4-5,7H,3,6H2,1-2H3,(H,15,16)(H,19,20). The summed E-state index contributed by atoms with van der Waals surface area (Å²) in [5.41, 5.74) is 2.14. The molecule has 0 aromatic carbocycles. The molecular formula is C13H15ClN4O2. The number of halogens is 1. The molecule has 0 saturated heterocycles. The summed E-state index contributed by atoms with van der Waals surface area (Å²) in [4.78, 5) is 14.8. The van der Waals surface area contributed by atoms with E-state index in [-0.39, 0.29) is 10.6 Å².